The van der Waals surface area contributed by atoms with E-state index in [1.165, 1.54) is 0 Å². The first-order chi connectivity index (χ1) is 36.9. The van der Waals surface area contributed by atoms with Crippen molar-refractivity contribution in [2.45, 2.75) is 32.1 Å². The molecule has 10 aromatic carbocycles. The quantitative estimate of drug-likeness (QED) is 0.137. The molecule has 75 heavy (non-hydrogen) atoms. The minimum absolute atomic E-state index is 0.603. The highest BCUT2D eigenvalue weighted by Crippen LogP contribution is 2.44. The number of rotatable bonds is 10. The second-order valence-electron chi connectivity index (χ2n) is 19.3. The Morgan fingerprint density at radius 3 is 0.507 bits per heavy atom. The molecule has 0 amide bonds. The van der Waals surface area contributed by atoms with E-state index in [0.717, 1.165) is 140 Å². The van der Waals surface area contributed by atoms with E-state index in [0.29, 0.717) is 32.1 Å². The zero-order chi connectivity index (χ0) is 51.3. The van der Waals surface area contributed by atoms with E-state index in [-0.39, 0.29) is 0 Å². The molecule has 370 valence electrons. The Bertz CT molecular complexity index is 3060. The zero-order valence-electron chi connectivity index (χ0n) is 43.3. The van der Waals surface area contributed by atoms with Gasteiger partial charge in [-0.2, -0.15) is 0 Å². The van der Waals surface area contributed by atoms with E-state index in [1.807, 2.05) is 0 Å². The van der Waals surface area contributed by atoms with E-state index in [4.69, 9.17) is 23.7 Å². The van der Waals surface area contributed by atoms with Crippen molar-refractivity contribution in [3.8, 4) is 84.4 Å². The maximum absolute atomic E-state index is 6.39. The van der Waals surface area contributed by atoms with Gasteiger partial charge in [0.2, 0.25) is 0 Å². The predicted molar refractivity (Wildman–Crippen MR) is 306 cm³/mol. The maximum atomic E-state index is 6.39. The number of hydrogen-bond donors (Lipinski definition) is 0. The summed E-state index contributed by atoms with van der Waals surface area (Å²) in [5.41, 5.74) is 22.4. The molecule has 0 saturated heterocycles. The molecule has 5 nitrogen and oxygen atoms in total. The van der Waals surface area contributed by atoms with Crippen molar-refractivity contribution >= 4 is 0 Å². The third kappa shape index (κ3) is 10.0. The number of methoxy groups -OCH3 is 5. The Morgan fingerprint density at radius 1 is 0.200 bits per heavy atom. The highest BCUT2D eigenvalue weighted by molar-refractivity contribution is 5.78. The maximum Gasteiger partial charge on any atom is 0.122 e. The lowest BCUT2D eigenvalue weighted by molar-refractivity contribution is 0.407. The molecule has 0 atom stereocenters. The second-order valence-corrected chi connectivity index (χ2v) is 19.3. The summed E-state index contributed by atoms with van der Waals surface area (Å²) in [6.45, 7) is 0. The molecule has 10 aromatic rings. The Kier molecular flexibility index (Phi) is 14.0. The van der Waals surface area contributed by atoms with Gasteiger partial charge in [0, 0.05) is 32.1 Å². The first-order valence-corrected chi connectivity index (χ1v) is 25.7. The average Bonchev–Trinajstić information content (AvgIpc) is 3.47. The van der Waals surface area contributed by atoms with Crippen LogP contribution in [0.5, 0.6) is 28.7 Å². The molecule has 10 bridgehead atoms. The first kappa shape index (κ1) is 48.5. The van der Waals surface area contributed by atoms with Gasteiger partial charge in [0.25, 0.3) is 0 Å². The van der Waals surface area contributed by atoms with Crippen molar-refractivity contribution in [1.29, 1.82) is 0 Å². The summed E-state index contributed by atoms with van der Waals surface area (Å²) in [6.07, 6.45) is 3.02. The lowest BCUT2D eigenvalue weighted by Crippen LogP contribution is -2.04. The molecule has 0 radical (unpaired) electrons. The molecule has 0 aliphatic heterocycles. The van der Waals surface area contributed by atoms with Crippen LogP contribution in [0.25, 0.3) is 55.6 Å². The van der Waals surface area contributed by atoms with Gasteiger partial charge in [-0.3, -0.25) is 0 Å². The molecule has 0 saturated carbocycles. The molecule has 0 spiro atoms. The molecule has 5 heteroatoms. The van der Waals surface area contributed by atoms with Crippen molar-refractivity contribution in [3.63, 3.8) is 0 Å². The molecular formula is C70H60O5. The highest BCUT2D eigenvalue weighted by atomic mass is 16.5. The van der Waals surface area contributed by atoms with Crippen LogP contribution in [0, 0.1) is 0 Å². The van der Waals surface area contributed by atoms with Gasteiger partial charge in [-0.1, -0.05) is 152 Å². The number of ether oxygens (including phenoxy) is 5. The van der Waals surface area contributed by atoms with Gasteiger partial charge >= 0.3 is 0 Å². The normalized spacial score (nSPS) is 12.1. The van der Waals surface area contributed by atoms with Crippen LogP contribution in [0.15, 0.2) is 212 Å². The van der Waals surface area contributed by atoms with Gasteiger partial charge in [-0.05, 0) is 172 Å². The predicted octanol–water partition coefficient (Wildman–Crippen LogP) is 16.3. The smallest absolute Gasteiger partial charge is 0.122 e. The lowest BCUT2D eigenvalue weighted by Gasteiger charge is -2.21. The molecule has 0 heterocycles. The molecule has 20 rings (SSSR count). The molecular weight excluding hydrogens is 921 g/mol. The van der Waals surface area contributed by atoms with Gasteiger partial charge in [0.15, 0.2) is 0 Å². The summed E-state index contributed by atoms with van der Waals surface area (Å²) in [7, 11) is 8.89. The minimum atomic E-state index is 0.603. The van der Waals surface area contributed by atoms with Crippen molar-refractivity contribution in [3.05, 3.63) is 268 Å². The number of hydrogen-bond acceptors (Lipinski definition) is 5. The van der Waals surface area contributed by atoms with Gasteiger partial charge in [0.05, 0.1) is 35.5 Å². The van der Waals surface area contributed by atoms with Crippen molar-refractivity contribution in [2.24, 2.45) is 0 Å². The monoisotopic (exact) mass is 980 g/mol. The van der Waals surface area contributed by atoms with Crippen molar-refractivity contribution in [2.75, 3.05) is 35.5 Å². The van der Waals surface area contributed by atoms with Crippen LogP contribution in [0.4, 0.5) is 0 Å². The van der Waals surface area contributed by atoms with Crippen LogP contribution in [0.2, 0.25) is 0 Å². The Hall–Kier alpha value is -8.80. The lowest BCUT2D eigenvalue weighted by atomic mass is 9.86. The Morgan fingerprint density at radius 2 is 0.360 bits per heavy atom. The summed E-state index contributed by atoms with van der Waals surface area (Å²) in [5.74, 6) is 4.10. The van der Waals surface area contributed by atoms with Gasteiger partial charge in [-0.15, -0.1) is 0 Å². The van der Waals surface area contributed by atoms with E-state index in [1.54, 1.807) is 35.5 Å². The Labute approximate surface area is 441 Å². The molecule has 0 unspecified atom stereocenters. The van der Waals surface area contributed by atoms with E-state index in [2.05, 4.69) is 212 Å². The fourth-order valence-electron chi connectivity index (χ4n) is 11.2. The molecule has 0 aromatic heterocycles. The minimum Gasteiger partial charge on any atom is -0.496 e. The van der Waals surface area contributed by atoms with Gasteiger partial charge < -0.3 is 23.7 Å². The fourth-order valence-corrected chi connectivity index (χ4v) is 11.2. The van der Waals surface area contributed by atoms with E-state index in [9.17, 15) is 0 Å². The van der Waals surface area contributed by atoms with Crippen LogP contribution in [0.3, 0.4) is 0 Å². The topological polar surface area (TPSA) is 46.2 Å². The zero-order valence-corrected chi connectivity index (χ0v) is 43.3. The van der Waals surface area contributed by atoms with Crippen molar-refractivity contribution in [1.82, 2.24) is 0 Å². The highest BCUT2D eigenvalue weighted by Gasteiger charge is 2.24. The van der Waals surface area contributed by atoms with Crippen LogP contribution in [-0.2, 0) is 32.1 Å². The van der Waals surface area contributed by atoms with Crippen LogP contribution >= 0.6 is 0 Å². The summed E-state index contributed by atoms with van der Waals surface area (Å²) in [6, 6.07) is 76.3. The summed E-state index contributed by atoms with van der Waals surface area (Å²) >= 11 is 0. The van der Waals surface area contributed by atoms with Gasteiger partial charge in [-0.25, -0.2) is 0 Å². The van der Waals surface area contributed by atoms with Crippen molar-refractivity contribution < 1.29 is 23.7 Å². The summed E-state index contributed by atoms with van der Waals surface area (Å²) in [4.78, 5) is 0. The number of benzene rings is 10. The largest absolute Gasteiger partial charge is 0.496 e. The van der Waals surface area contributed by atoms with Crippen LogP contribution in [0.1, 0.15) is 55.6 Å². The molecule has 10 aliphatic rings. The van der Waals surface area contributed by atoms with E-state index < -0.39 is 0 Å². The average molecular weight is 981 g/mol. The summed E-state index contributed by atoms with van der Waals surface area (Å²) in [5, 5.41) is 0. The Balaban J connectivity index is 1.21. The molecule has 10 aliphatic carbocycles. The third-order valence-electron chi connectivity index (χ3n) is 14.9. The first-order valence-electron chi connectivity index (χ1n) is 25.7. The van der Waals surface area contributed by atoms with E-state index >= 15 is 0 Å². The molecule has 0 fully saturated rings. The standard InChI is InChI=1S/C70H60O5/c1-71-66-41-51-32-57-37-63(48-25-15-8-16-26-48)53(43-68(57)73-3)34-59-39-65(50-29-19-10-20-30-50)55(45-70(59)75-5)35-60-40-64(49-27-17-9-18-28-49)54(44-69(60)74-4)33-58-38-62(47-23-13-7-14-24-47)52(42-67(58)72-2)31-56(66)36-61(51)46-21-11-6-12-22-46/h6-30,36-45H,31-35H2,1-5H3. The third-order valence-corrected chi connectivity index (χ3v) is 14.9. The molecule has 0 N–H and O–H groups in total. The fraction of sp³-hybridized carbons (Fsp3) is 0.143. The van der Waals surface area contributed by atoms with Crippen LogP contribution in [-0.4, -0.2) is 35.5 Å². The summed E-state index contributed by atoms with van der Waals surface area (Å²) < 4.78 is 32.0. The second kappa shape index (κ2) is 21.7. The SMILES string of the molecule is COc1cc2c(-c3ccccc3)cc1Cc1cc(OC)c(cc1-c1ccccc1)Cc1cc(OC)c(cc1-c1ccccc1)Cc1cc(OC)c(cc1-c1ccccc1)Cc1cc(OC)c(cc1-c1ccccc1)C2. The van der Waals surface area contributed by atoms with Crippen LogP contribution < -0.4 is 23.7 Å². The van der Waals surface area contributed by atoms with Gasteiger partial charge in [0.1, 0.15) is 28.7 Å².